The molecule has 1 amide bonds. The Morgan fingerprint density at radius 1 is 1.36 bits per heavy atom. The third-order valence-electron chi connectivity index (χ3n) is 1.03. The summed E-state index contributed by atoms with van der Waals surface area (Å²) in [6, 6.07) is 6.54. The summed E-state index contributed by atoms with van der Waals surface area (Å²) in [6.45, 7) is 0. The van der Waals surface area contributed by atoms with Crippen LogP contribution in [0.25, 0.3) is 0 Å². The van der Waals surface area contributed by atoms with E-state index < -0.39 is 21.2 Å². The van der Waals surface area contributed by atoms with Crippen LogP contribution in [0.5, 0.6) is 5.75 Å². The second kappa shape index (κ2) is 3.56. The van der Waals surface area contributed by atoms with Gasteiger partial charge >= 0.3 is 74.3 Å². The monoisotopic (exact) mass is 264 g/mol. The molecule has 60 valence electrons. The van der Waals surface area contributed by atoms with Gasteiger partial charge in [0.1, 0.15) is 0 Å². The van der Waals surface area contributed by atoms with Crippen molar-refractivity contribution in [2.45, 2.75) is 0 Å². The summed E-state index contributed by atoms with van der Waals surface area (Å²) >= 11 is -0.718. The number of aromatic hydroxyl groups is 1. The van der Waals surface area contributed by atoms with Gasteiger partial charge in [-0.25, -0.2) is 0 Å². The fraction of sp³-hybridized carbons (Fsp3) is 0. The van der Waals surface area contributed by atoms with Crippen LogP contribution in [0.1, 0.15) is 0 Å². The summed E-state index contributed by atoms with van der Waals surface area (Å²) < 4.78 is 0.670. The van der Waals surface area contributed by atoms with Crippen LogP contribution in [0.2, 0.25) is 0 Å². The zero-order chi connectivity index (χ0) is 8.27. The standard InChI is InChI=1S/C7H7INO2/c9-7(11)8-5-1-3-6(10)4-2-5/h1-4,10H,(H2,9,11)/q-1. The molecule has 0 aliphatic carbocycles. The predicted octanol–water partition coefficient (Wildman–Crippen LogP) is -2.27. The van der Waals surface area contributed by atoms with Crippen molar-refractivity contribution in [1.82, 2.24) is 0 Å². The van der Waals surface area contributed by atoms with Crippen molar-refractivity contribution in [1.29, 1.82) is 0 Å². The Kier molecular flexibility index (Phi) is 2.70. The molecule has 0 aromatic heterocycles. The molecular weight excluding hydrogens is 257 g/mol. The van der Waals surface area contributed by atoms with Crippen LogP contribution in [-0.2, 0) is 0 Å². The van der Waals surface area contributed by atoms with Crippen LogP contribution in [0.4, 0.5) is 4.79 Å². The summed E-state index contributed by atoms with van der Waals surface area (Å²) in [5.41, 5.74) is 5.01. The minimum atomic E-state index is -0.718. The summed E-state index contributed by atoms with van der Waals surface area (Å²) in [5, 5.41) is 8.89. The Morgan fingerprint density at radius 2 is 1.91 bits per heavy atom. The Balaban J connectivity index is 2.74. The second-order valence-corrected chi connectivity index (χ2v) is 4.72. The second-order valence-electron chi connectivity index (χ2n) is 1.88. The molecular formula is C7H7INO2-. The minimum absolute atomic E-state index is 0.210. The fourth-order valence-corrected chi connectivity index (χ4v) is 1.94. The zero-order valence-corrected chi connectivity index (χ0v) is 7.78. The van der Waals surface area contributed by atoms with Gasteiger partial charge < -0.3 is 0 Å². The molecule has 0 bridgehead atoms. The summed E-state index contributed by atoms with van der Waals surface area (Å²) in [7, 11) is 0. The number of hydrogen-bond donors (Lipinski definition) is 2. The quantitative estimate of drug-likeness (QED) is 0.359. The first kappa shape index (κ1) is 8.32. The van der Waals surface area contributed by atoms with Gasteiger partial charge in [0.25, 0.3) is 0 Å². The Labute approximate surface area is 74.5 Å². The van der Waals surface area contributed by atoms with Gasteiger partial charge in [-0.3, -0.25) is 0 Å². The van der Waals surface area contributed by atoms with Crippen LogP contribution < -0.4 is 26.9 Å². The van der Waals surface area contributed by atoms with E-state index in [1.807, 2.05) is 0 Å². The number of nitrogens with two attached hydrogens (primary N) is 1. The molecule has 0 saturated heterocycles. The topological polar surface area (TPSA) is 63.3 Å². The van der Waals surface area contributed by atoms with E-state index in [0.717, 1.165) is 3.57 Å². The molecule has 1 aromatic rings. The SMILES string of the molecule is NC(=O)[I-]c1ccc(O)cc1. The van der Waals surface area contributed by atoms with E-state index in [0.29, 0.717) is 0 Å². The molecule has 3 nitrogen and oxygen atoms in total. The predicted molar refractivity (Wildman–Crippen MR) is 36.4 cm³/mol. The van der Waals surface area contributed by atoms with Crippen LogP contribution in [0.15, 0.2) is 24.3 Å². The molecule has 0 radical (unpaired) electrons. The van der Waals surface area contributed by atoms with E-state index in [-0.39, 0.29) is 9.66 Å². The number of carbonyl (C=O) groups is 1. The number of phenolic OH excluding ortho intramolecular Hbond substituents is 1. The van der Waals surface area contributed by atoms with Crippen LogP contribution in [0.3, 0.4) is 0 Å². The van der Waals surface area contributed by atoms with Gasteiger partial charge in [-0.2, -0.15) is 0 Å². The Morgan fingerprint density at radius 3 is 2.36 bits per heavy atom. The van der Waals surface area contributed by atoms with Gasteiger partial charge in [-0.05, 0) is 0 Å². The van der Waals surface area contributed by atoms with Gasteiger partial charge in [0.2, 0.25) is 0 Å². The average Bonchev–Trinajstić information content (AvgIpc) is 1.93. The first-order chi connectivity index (χ1) is 5.18. The number of amides is 1. The van der Waals surface area contributed by atoms with Crippen molar-refractivity contribution in [3.63, 3.8) is 0 Å². The summed E-state index contributed by atoms with van der Waals surface area (Å²) in [5.74, 6) is 0.210. The van der Waals surface area contributed by atoms with Gasteiger partial charge in [-0.15, -0.1) is 0 Å². The van der Waals surface area contributed by atoms with Crippen LogP contribution in [-0.4, -0.2) is 9.02 Å². The molecule has 3 N–H and O–H groups in total. The van der Waals surface area contributed by atoms with E-state index in [9.17, 15) is 4.79 Å². The maximum absolute atomic E-state index is 10.5. The number of rotatable bonds is 2. The van der Waals surface area contributed by atoms with Crippen molar-refractivity contribution in [3.05, 3.63) is 27.8 Å². The number of hydrogen-bond acceptors (Lipinski definition) is 2. The van der Waals surface area contributed by atoms with Crippen molar-refractivity contribution < 1.29 is 31.1 Å². The molecule has 0 aliphatic rings. The molecule has 0 heterocycles. The Bertz CT molecular complexity index is 258. The molecule has 1 rings (SSSR count). The van der Waals surface area contributed by atoms with E-state index in [2.05, 4.69) is 0 Å². The molecule has 0 spiro atoms. The third-order valence-corrected chi connectivity index (χ3v) is 2.90. The van der Waals surface area contributed by atoms with E-state index >= 15 is 0 Å². The molecule has 0 fully saturated rings. The van der Waals surface area contributed by atoms with Gasteiger partial charge in [0.05, 0.1) is 0 Å². The third kappa shape index (κ3) is 2.75. The fourth-order valence-electron chi connectivity index (χ4n) is 0.612. The maximum atomic E-state index is 10.5. The average molecular weight is 264 g/mol. The molecule has 0 saturated carbocycles. The molecule has 0 atom stereocenters. The summed E-state index contributed by atoms with van der Waals surface area (Å²) in [6.07, 6.45) is 0. The van der Waals surface area contributed by atoms with Gasteiger partial charge in [-0.1, -0.05) is 0 Å². The summed E-state index contributed by atoms with van der Waals surface area (Å²) in [4.78, 5) is 10.5. The van der Waals surface area contributed by atoms with Gasteiger partial charge in [0, 0.05) is 0 Å². The Hall–Kier alpha value is -0.780. The molecule has 11 heavy (non-hydrogen) atoms. The molecule has 0 unspecified atom stereocenters. The number of phenols is 1. The van der Waals surface area contributed by atoms with Crippen molar-refractivity contribution in [2.75, 3.05) is 0 Å². The van der Waals surface area contributed by atoms with Crippen molar-refractivity contribution >= 4 is 3.91 Å². The number of carbonyl (C=O) groups excluding carboxylic acids is 1. The number of benzene rings is 1. The molecule has 1 aromatic carbocycles. The first-order valence-corrected chi connectivity index (χ1v) is 5.07. The number of primary amides is 1. The number of halogens is 1. The first-order valence-electron chi connectivity index (χ1n) is 2.92. The molecule has 0 aliphatic heterocycles. The van der Waals surface area contributed by atoms with E-state index in [4.69, 9.17) is 10.8 Å². The zero-order valence-electron chi connectivity index (χ0n) is 5.62. The molecule has 4 heteroatoms. The normalized spacial score (nSPS) is 9.82. The van der Waals surface area contributed by atoms with Crippen LogP contribution >= 0.6 is 0 Å². The van der Waals surface area contributed by atoms with Gasteiger partial charge in [0.15, 0.2) is 0 Å². The van der Waals surface area contributed by atoms with Crippen LogP contribution in [0, 0.1) is 3.57 Å². The van der Waals surface area contributed by atoms with E-state index in [1.54, 1.807) is 24.3 Å². The van der Waals surface area contributed by atoms with Crippen molar-refractivity contribution in [3.8, 4) is 5.75 Å². The van der Waals surface area contributed by atoms with Crippen molar-refractivity contribution in [2.24, 2.45) is 5.73 Å². The van der Waals surface area contributed by atoms with E-state index in [1.165, 1.54) is 0 Å².